The van der Waals surface area contributed by atoms with Crippen molar-refractivity contribution in [2.24, 2.45) is 4.99 Å². The van der Waals surface area contributed by atoms with Crippen LogP contribution in [0.3, 0.4) is 0 Å². The van der Waals surface area contributed by atoms with Gasteiger partial charge in [-0.1, -0.05) is 11.8 Å². The molecule has 1 aliphatic carbocycles. The number of amides is 2. The summed E-state index contributed by atoms with van der Waals surface area (Å²) < 4.78 is 0. The lowest BCUT2D eigenvalue weighted by molar-refractivity contribution is -0.120. The van der Waals surface area contributed by atoms with Crippen molar-refractivity contribution >= 4 is 28.7 Å². The van der Waals surface area contributed by atoms with Gasteiger partial charge in [0, 0.05) is 6.04 Å². The zero-order chi connectivity index (χ0) is 9.97. The van der Waals surface area contributed by atoms with Crippen molar-refractivity contribution in [3.05, 3.63) is 0 Å². The van der Waals surface area contributed by atoms with Crippen LogP contribution in [0.15, 0.2) is 4.99 Å². The average molecular weight is 213 g/mol. The number of hydrogen-bond donors (Lipinski definition) is 2. The van der Waals surface area contributed by atoms with E-state index in [2.05, 4.69) is 15.6 Å². The summed E-state index contributed by atoms with van der Waals surface area (Å²) in [5.41, 5.74) is 0. The van der Waals surface area contributed by atoms with Gasteiger partial charge in [0.05, 0.1) is 12.3 Å². The summed E-state index contributed by atoms with van der Waals surface area (Å²) in [6, 6.07) is 0.380. The highest BCUT2D eigenvalue weighted by Crippen LogP contribution is 2.18. The van der Waals surface area contributed by atoms with Crippen LogP contribution in [0.5, 0.6) is 0 Å². The summed E-state index contributed by atoms with van der Waals surface area (Å²) in [6.07, 6.45) is 2.17. The van der Waals surface area contributed by atoms with Gasteiger partial charge in [0.25, 0.3) is 0 Å². The molecule has 0 radical (unpaired) electrons. The third-order valence-electron chi connectivity index (χ3n) is 1.95. The fourth-order valence-electron chi connectivity index (χ4n) is 1.08. The van der Waals surface area contributed by atoms with Crippen LogP contribution in [-0.4, -0.2) is 35.3 Å². The van der Waals surface area contributed by atoms with Crippen LogP contribution >= 0.6 is 11.8 Å². The van der Waals surface area contributed by atoms with Crippen molar-refractivity contribution in [3.63, 3.8) is 0 Å². The highest BCUT2D eigenvalue weighted by atomic mass is 32.2. The van der Waals surface area contributed by atoms with Gasteiger partial charge in [-0.3, -0.25) is 9.59 Å². The fraction of sp³-hybridized carbons (Fsp3) is 0.625. The predicted octanol–water partition coefficient (Wildman–Crippen LogP) is 0.120. The number of hydrogen-bond acceptors (Lipinski definition) is 4. The van der Waals surface area contributed by atoms with E-state index in [0.717, 1.165) is 24.6 Å². The smallest absolute Gasteiger partial charge is 0.306 e. The van der Waals surface area contributed by atoms with E-state index in [-0.39, 0.29) is 17.7 Å². The van der Waals surface area contributed by atoms with E-state index in [0.29, 0.717) is 17.6 Å². The van der Waals surface area contributed by atoms with E-state index in [9.17, 15) is 9.59 Å². The van der Waals surface area contributed by atoms with Gasteiger partial charge in [-0.2, -0.15) is 4.99 Å². The number of carbonyl (C=O) groups excluding carboxylic acids is 2. The van der Waals surface area contributed by atoms with Crippen LogP contribution < -0.4 is 10.6 Å². The molecule has 76 valence electrons. The molecule has 0 aromatic rings. The van der Waals surface area contributed by atoms with Crippen LogP contribution in [-0.2, 0) is 4.79 Å². The maximum Gasteiger partial charge on any atom is 0.306 e. The molecule has 5 nitrogen and oxygen atoms in total. The van der Waals surface area contributed by atoms with Crippen LogP contribution in [0.25, 0.3) is 0 Å². The fourth-order valence-corrected chi connectivity index (χ4v) is 1.69. The maximum absolute atomic E-state index is 11.2. The molecule has 1 saturated carbocycles. The number of nitrogens with one attached hydrogen (secondary N) is 2. The Morgan fingerprint density at radius 2 is 2.36 bits per heavy atom. The van der Waals surface area contributed by atoms with Crippen LogP contribution in [0.4, 0.5) is 4.79 Å². The Bertz CT molecular complexity index is 299. The average Bonchev–Trinajstić information content (AvgIpc) is 2.85. The normalized spacial score (nSPS) is 20.6. The molecule has 1 fully saturated rings. The molecule has 2 rings (SSSR count). The molecule has 0 spiro atoms. The number of carbonyl (C=O) groups is 2. The molecular weight excluding hydrogens is 202 g/mol. The largest absolute Gasteiger partial charge is 0.364 e. The number of aliphatic imine (C=N–C) groups is 1. The summed E-state index contributed by atoms with van der Waals surface area (Å²) >= 11 is 1.15. The van der Waals surface area contributed by atoms with Gasteiger partial charge in [0.1, 0.15) is 5.84 Å². The molecule has 6 heteroatoms. The van der Waals surface area contributed by atoms with Crippen molar-refractivity contribution < 1.29 is 9.59 Å². The second-order valence-electron chi connectivity index (χ2n) is 3.31. The molecular formula is C8H11N3O2S. The molecule has 0 aromatic carbocycles. The number of thioether (sulfide) groups is 1. The molecule has 1 aliphatic heterocycles. The van der Waals surface area contributed by atoms with Gasteiger partial charge in [0.15, 0.2) is 0 Å². The Morgan fingerprint density at radius 1 is 1.57 bits per heavy atom. The van der Waals surface area contributed by atoms with E-state index in [1.54, 1.807) is 0 Å². The second kappa shape index (κ2) is 4.00. The molecule has 2 N–H and O–H groups in total. The van der Waals surface area contributed by atoms with Crippen molar-refractivity contribution in [2.75, 3.05) is 12.3 Å². The summed E-state index contributed by atoms with van der Waals surface area (Å²) in [6.45, 7) is 0.211. The Hall–Kier alpha value is -1.04. The van der Waals surface area contributed by atoms with Crippen LogP contribution in [0.2, 0.25) is 0 Å². The molecule has 0 saturated heterocycles. The minimum atomic E-state index is -0.185. The monoisotopic (exact) mass is 213 g/mol. The van der Waals surface area contributed by atoms with Crippen LogP contribution in [0, 0.1) is 0 Å². The molecule has 0 aromatic heterocycles. The molecule has 0 atom stereocenters. The van der Waals surface area contributed by atoms with E-state index in [1.165, 1.54) is 0 Å². The summed E-state index contributed by atoms with van der Waals surface area (Å²) in [7, 11) is 0. The third-order valence-corrected chi connectivity index (χ3v) is 2.71. The highest BCUT2D eigenvalue weighted by Gasteiger charge is 2.23. The van der Waals surface area contributed by atoms with Crippen molar-refractivity contribution in [1.82, 2.24) is 10.6 Å². The van der Waals surface area contributed by atoms with Crippen LogP contribution in [0.1, 0.15) is 12.8 Å². The minimum absolute atomic E-state index is 0.0282. The van der Waals surface area contributed by atoms with Gasteiger partial charge < -0.3 is 10.6 Å². The molecule has 2 aliphatic rings. The van der Waals surface area contributed by atoms with Gasteiger partial charge >= 0.3 is 5.24 Å². The molecule has 2 amide bonds. The first kappa shape index (κ1) is 9.51. The Labute approximate surface area is 85.7 Å². The Balaban J connectivity index is 1.68. The first-order valence-corrected chi connectivity index (χ1v) is 5.50. The topological polar surface area (TPSA) is 70.6 Å². The first-order valence-electron chi connectivity index (χ1n) is 4.51. The molecule has 14 heavy (non-hydrogen) atoms. The molecule has 0 bridgehead atoms. The van der Waals surface area contributed by atoms with E-state index >= 15 is 0 Å². The van der Waals surface area contributed by atoms with Crippen molar-refractivity contribution in [2.45, 2.75) is 18.9 Å². The van der Waals surface area contributed by atoms with Crippen molar-refractivity contribution in [1.29, 1.82) is 0 Å². The highest BCUT2D eigenvalue weighted by molar-refractivity contribution is 8.14. The number of rotatable bonds is 3. The second-order valence-corrected chi connectivity index (χ2v) is 4.24. The lowest BCUT2D eigenvalue weighted by Crippen LogP contribution is -2.38. The van der Waals surface area contributed by atoms with E-state index < -0.39 is 0 Å². The van der Waals surface area contributed by atoms with Gasteiger partial charge in [0.2, 0.25) is 5.91 Å². The maximum atomic E-state index is 11.2. The van der Waals surface area contributed by atoms with E-state index in [1.807, 2.05) is 0 Å². The lowest BCUT2D eigenvalue weighted by atomic mass is 10.5. The SMILES string of the molecule is O=C(CNC1=NC(=O)SC1)NC1CC1. The van der Waals surface area contributed by atoms with Crippen molar-refractivity contribution in [3.8, 4) is 0 Å². The van der Waals surface area contributed by atoms with E-state index in [4.69, 9.17) is 0 Å². The molecule has 0 unspecified atom stereocenters. The zero-order valence-corrected chi connectivity index (χ0v) is 8.39. The van der Waals surface area contributed by atoms with Gasteiger partial charge in [-0.25, -0.2) is 0 Å². The third kappa shape index (κ3) is 2.73. The number of amidine groups is 1. The summed E-state index contributed by atoms with van der Waals surface area (Å²) in [5, 5.41) is 5.50. The summed E-state index contributed by atoms with van der Waals surface area (Å²) in [4.78, 5) is 25.6. The van der Waals surface area contributed by atoms with Gasteiger partial charge in [-0.05, 0) is 12.8 Å². The standard InChI is InChI=1S/C8H11N3O2S/c12-7(10-5-1-2-5)3-9-6-4-14-8(13)11-6/h5H,1-4H2,(H,10,12)(H,9,11,13). The number of nitrogens with zero attached hydrogens (tertiary/aromatic N) is 1. The first-order chi connectivity index (χ1) is 6.74. The Kier molecular flexibility index (Phi) is 2.72. The minimum Gasteiger partial charge on any atom is -0.364 e. The molecule has 1 heterocycles. The summed E-state index contributed by atoms with van der Waals surface area (Å²) in [5.74, 6) is 1.13. The Morgan fingerprint density at radius 3 is 2.93 bits per heavy atom. The quantitative estimate of drug-likeness (QED) is 0.698. The predicted molar refractivity (Wildman–Crippen MR) is 54.5 cm³/mol. The zero-order valence-electron chi connectivity index (χ0n) is 7.58. The van der Waals surface area contributed by atoms with Gasteiger partial charge in [-0.15, -0.1) is 0 Å². The lowest BCUT2D eigenvalue weighted by Gasteiger charge is -2.04.